The fraction of sp³-hybridized carbons (Fsp3) is 0.133. The average molecular weight is 336 g/mol. The van der Waals surface area contributed by atoms with Crippen molar-refractivity contribution in [3.05, 3.63) is 63.5 Å². The summed E-state index contributed by atoms with van der Waals surface area (Å²) < 4.78 is 32.1. The minimum Gasteiger partial charge on any atom is -0.387 e. The quantitative estimate of drug-likeness (QED) is 0.686. The first-order chi connectivity index (χ1) is 11.0. The van der Waals surface area contributed by atoms with Gasteiger partial charge in [0.2, 0.25) is 0 Å². The summed E-state index contributed by atoms with van der Waals surface area (Å²) in [5.41, 5.74) is -0.0519. The van der Waals surface area contributed by atoms with Crippen LogP contribution in [-0.2, 0) is 0 Å². The van der Waals surface area contributed by atoms with Crippen molar-refractivity contribution < 1.29 is 18.0 Å². The zero-order valence-corrected chi connectivity index (χ0v) is 12.6. The van der Waals surface area contributed by atoms with E-state index in [0.29, 0.717) is 4.88 Å². The summed E-state index contributed by atoms with van der Waals surface area (Å²) in [6, 6.07) is 5.29. The van der Waals surface area contributed by atoms with E-state index >= 15 is 0 Å². The number of ketones is 1. The minimum atomic E-state index is -1.13. The molecule has 23 heavy (non-hydrogen) atoms. The maximum atomic E-state index is 13.2. The number of thiophene rings is 1. The maximum absolute atomic E-state index is 13.2. The Labute approximate surface area is 132 Å². The second-order valence-electron chi connectivity index (χ2n) is 4.76. The smallest absolute Gasteiger partial charge is 0.387 e. The van der Waals surface area contributed by atoms with Gasteiger partial charge >= 0.3 is 5.76 Å². The molecule has 0 saturated heterocycles. The molecular formula is C15H10F2N2O3S. The zero-order chi connectivity index (χ0) is 16.6. The van der Waals surface area contributed by atoms with Gasteiger partial charge in [-0.15, -0.1) is 16.4 Å². The summed E-state index contributed by atoms with van der Waals surface area (Å²) in [4.78, 5) is 24.9. The number of carbonyl (C=O) groups excluding carboxylic acids is 1. The minimum absolute atomic E-state index is 0.0519. The van der Waals surface area contributed by atoms with Crippen LogP contribution in [0.4, 0.5) is 8.78 Å². The Bertz CT molecular complexity index is 915. The van der Waals surface area contributed by atoms with Gasteiger partial charge in [0.15, 0.2) is 17.4 Å². The molecule has 8 heteroatoms. The van der Waals surface area contributed by atoms with Crippen LogP contribution in [0.15, 0.2) is 44.9 Å². The Morgan fingerprint density at radius 2 is 2.09 bits per heavy atom. The molecule has 1 unspecified atom stereocenters. The number of benzene rings is 1. The van der Waals surface area contributed by atoms with Crippen LogP contribution in [0.3, 0.4) is 0 Å². The first-order valence-electron chi connectivity index (χ1n) is 6.60. The van der Waals surface area contributed by atoms with Gasteiger partial charge in [0.1, 0.15) is 6.04 Å². The third-order valence-corrected chi connectivity index (χ3v) is 4.11. The van der Waals surface area contributed by atoms with Crippen molar-refractivity contribution in [2.75, 3.05) is 0 Å². The Balaban J connectivity index is 1.93. The Hall–Kier alpha value is -2.61. The molecule has 2 aromatic heterocycles. The molecule has 5 nitrogen and oxygen atoms in total. The third kappa shape index (κ3) is 2.85. The molecule has 0 radical (unpaired) electrons. The lowest BCUT2D eigenvalue weighted by molar-refractivity contribution is 0.0923. The Morgan fingerprint density at radius 1 is 1.30 bits per heavy atom. The van der Waals surface area contributed by atoms with E-state index in [9.17, 15) is 18.4 Å². The van der Waals surface area contributed by atoms with E-state index in [1.54, 1.807) is 17.5 Å². The molecule has 1 aromatic carbocycles. The third-order valence-electron chi connectivity index (χ3n) is 3.25. The summed E-state index contributed by atoms with van der Waals surface area (Å²) in [6.07, 6.45) is 0. The van der Waals surface area contributed by atoms with E-state index in [2.05, 4.69) is 5.10 Å². The topological polar surface area (TPSA) is 65.1 Å². The highest BCUT2D eigenvalue weighted by molar-refractivity contribution is 7.13. The van der Waals surface area contributed by atoms with Crippen LogP contribution in [0.1, 0.15) is 23.3 Å². The van der Waals surface area contributed by atoms with Gasteiger partial charge in [-0.05, 0) is 36.6 Å². The van der Waals surface area contributed by atoms with E-state index in [1.807, 2.05) is 0 Å². The number of hydrogen-bond donors (Lipinski definition) is 0. The van der Waals surface area contributed by atoms with Crippen molar-refractivity contribution in [1.29, 1.82) is 0 Å². The number of halogens is 2. The van der Waals surface area contributed by atoms with Crippen LogP contribution in [0.5, 0.6) is 0 Å². The number of nitrogens with zero attached hydrogens (tertiary/aromatic N) is 2. The molecule has 2 heterocycles. The number of aromatic nitrogens is 2. The Morgan fingerprint density at radius 3 is 2.74 bits per heavy atom. The maximum Gasteiger partial charge on any atom is 0.438 e. The van der Waals surface area contributed by atoms with Crippen LogP contribution >= 0.6 is 11.3 Å². The molecule has 0 spiro atoms. The van der Waals surface area contributed by atoms with Crippen LogP contribution < -0.4 is 5.76 Å². The lowest BCUT2D eigenvalue weighted by atomic mass is 10.1. The SMILES string of the molecule is CC(C(=O)c1ccc(F)c(F)c1)n1nc(-c2cccs2)oc1=O. The van der Waals surface area contributed by atoms with Gasteiger partial charge < -0.3 is 4.42 Å². The van der Waals surface area contributed by atoms with E-state index in [-0.39, 0.29) is 11.5 Å². The van der Waals surface area contributed by atoms with Crippen molar-refractivity contribution in [2.45, 2.75) is 13.0 Å². The Kier molecular flexibility index (Phi) is 3.91. The zero-order valence-electron chi connectivity index (χ0n) is 11.8. The molecule has 0 amide bonds. The number of Topliss-reactive ketones (excluding diaryl/α,β-unsaturated/α-hetero) is 1. The van der Waals surface area contributed by atoms with E-state index in [1.165, 1.54) is 18.3 Å². The predicted octanol–water partition coefficient (Wildman–Crippen LogP) is 3.29. The number of hydrogen-bond acceptors (Lipinski definition) is 5. The van der Waals surface area contributed by atoms with Crippen molar-refractivity contribution >= 4 is 17.1 Å². The van der Waals surface area contributed by atoms with E-state index in [0.717, 1.165) is 22.9 Å². The van der Waals surface area contributed by atoms with E-state index in [4.69, 9.17) is 4.42 Å². The number of carbonyl (C=O) groups is 1. The lowest BCUT2D eigenvalue weighted by Gasteiger charge is -2.09. The van der Waals surface area contributed by atoms with Crippen molar-refractivity contribution in [1.82, 2.24) is 9.78 Å². The molecule has 0 aliphatic rings. The molecule has 0 aliphatic carbocycles. The van der Waals surface area contributed by atoms with Crippen molar-refractivity contribution in [2.24, 2.45) is 0 Å². The molecule has 3 rings (SSSR count). The van der Waals surface area contributed by atoms with Crippen molar-refractivity contribution in [3.8, 4) is 10.8 Å². The second-order valence-corrected chi connectivity index (χ2v) is 5.71. The molecule has 0 saturated carbocycles. The molecule has 0 fully saturated rings. The van der Waals surface area contributed by atoms with Gasteiger partial charge in [-0.3, -0.25) is 4.79 Å². The highest BCUT2D eigenvalue weighted by Gasteiger charge is 2.23. The fourth-order valence-electron chi connectivity index (χ4n) is 2.03. The summed E-state index contributed by atoms with van der Waals surface area (Å²) in [6.45, 7) is 1.44. The molecule has 1 atom stereocenters. The average Bonchev–Trinajstić information content (AvgIpc) is 3.18. The fourth-order valence-corrected chi connectivity index (χ4v) is 2.68. The van der Waals surface area contributed by atoms with Gasteiger partial charge in [0, 0.05) is 5.56 Å². The van der Waals surface area contributed by atoms with Crippen LogP contribution in [0.2, 0.25) is 0 Å². The molecule has 118 valence electrons. The van der Waals surface area contributed by atoms with Gasteiger partial charge in [0.05, 0.1) is 4.88 Å². The normalized spacial score (nSPS) is 12.3. The summed E-state index contributed by atoms with van der Waals surface area (Å²) >= 11 is 1.33. The summed E-state index contributed by atoms with van der Waals surface area (Å²) in [5, 5.41) is 5.79. The van der Waals surface area contributed by atoms with Crippen LogP contribution in [0.25, 0.3) is 10.8 Å². The molecule has 0 aliphatic heterocycles. The lowest BCUT2D eigenvalue weighted by Crippen LogP contribution is -2.26. The monoisotopic (exact) mass is 336 g/mol. The van der Waals surface area contributed by atoms with Crippen LogP contribution in [-0.4, -0.2) is 15.6 Å². The molecule has 0 bridgehead atoms. The number of rotatable bonds is 4. The van der Waals surface area contributed by atoms with Gasteiger partial charge in [-0.25, -0.2) is 13.6 Å². The second kappa shape index (κ2) is 5.88. The standard InChI is InChI=1S/C15H10F2N2O3S/c1-8(13(20)9-4-5-10(16)11(17)7-9)19-15(21)22-14(18-19)12-3-2-6-23-12/h2-8H,1H3. The van der Waals surface area contributed by atoms with Gasteiger partial charge in [-0.2, -0.15) is 4.68 Å². The van der Waals surface area contributed by atoms with Gasteiger partial charge in [-0.1, -0.05) is 6.07 Å². The van der Waals surface area contributed by atoms with E-state index < -0.39 is 29.2 Å². The molecule has 3 aromatic rings. The molecular weight excluding hydrogens is 326 g/mol. The highest BCUT2D eigenvalue weighted by Crippen LogP contribution is 2.22. The summed E-state index contributed by atoms with van der Waals surface area (Å²) in [5.74, 6) is -3.44. The largest absolute Gasteiger partial charge is 0.438 e. The first-order valence-corrected chi connectivity index (χ1v) is 7.48. The molecule has 0 N–H and O–H groups in total. The van der Waals surface area contributed by atoms with Crippen molar-refractivity contribution in [3.63, 3.8) is 0 Å². The van der Waals surface area contributed by atoms with Gasteiger partial charge in [0.25, 0.3) is 5.89 Å². The summed E-state index contributed by atoms with van der Waals surface area (Å²) in [7, 11) is 0. The highest BCUT2D eigenvalue weighted by atomic mass is 32.1. The predicted molar refractivity (Wildman–Crippen MR) is 79.5 cm³/mol. The first kappa shape index (κ1) is 15.3. The van der Waals surface area contributed by atoms with Crippen LogP contribution in [0, 0.1) is 11.6 Å².